The highest BCUT2D eigenvalue weighted by Gasteiger charge is 2.26. The molecule has 0 heterocycles. The Morgan fingerprint density at radius 3 is 2.23 bits per heavy atom. The zero-order valence-corrected chi connectivity index (χ0v) is 18.9. The lowest BCUT2D eigenvalue weighted by molar-refractivity contribution is -0.121. The maximum absolute atomic E-state index is 13.1. The number of rotatable bonds is 11. The number of benzene rings is 2. The van der Waals surface area contributed by atoms with Gasteiger partial charge in [-0.25, -0.2) is 8.42 Å². The van der Waals surface area contributed by atoms with Crippen LogP contribution in [-0.4, -0.2) is 44.9 Å². The summed E-state index contributed by atoms with van der Waals surface area (Å²) in [7, 11) is -3.89. The molecule has 0 aliphatic heterocycles. The first-order chi connectivity index (χ1) is 14.3. The van der Waals surface area contributed by atoms with E-state index in [9.17, 15) is 13.2 Å². The summed E-state index contributed by atoms with van der Waals surface area (Å²) in [4.78, 5) is 12.4. The summed E-state index contributed by atoms with van der Waals surface area (Å²) in [5.74, 6) is 0.428. The van der Waals surface area contributed by atoms with Crippen molar-refractivity contribution in [3.8, 4) is 11.5 Å². The van der Waals surface area contributed by atoms with Crippen LogP contribution < -0.4 is 14.8 Å². The monoisotopic (exact) mass is 454 g/mol. The van der Waals surface area contributed by atoms with Crippen LogP contribution in [0.5, 0.6) is 11.5 Å². The number of amides is 1. The van der Waals surface area contributed by atoms with E-state index in [1.807, 2.05) is 6.92 Å². The Morgan fingerprint density at radius 1 is 1.00 bits per heavy atom. The van der Waals surface area contributed by atoms with E-state index in [0.717, 1.165) is 9.87 Å². The van der Waals surface area contributed by atoms with E-state index in [1.165, 1.54) is 12.1 Å². The predicted octanol–water partition coefficient (Wildman–Crippen LogP) is 3.46. The number of halogens is 1. The van der Waals surface area contributed by atoms with Gasteiger partial charge in [0.2, 0.25) is 15.9 Å². The van der Waals surface area contributed by atoms with Crippen molar-refractivity contribution in [1.82, 2.24) is 9.62 Å². The number of hydrogen-bond donors (Lipinski definition) is 1. The number of likely N-dealkylation sites (N-methyl/N-ethyl adjacent to an activating group) is 1. The first-order valence-electron chi connectivity index (χ1n) is 9.72. The van der Waals surface area contributed by atoms with Crippen LogP contribution in [0.25, 0.3) is 0 Å². The van der Waals surface area contributed by atoms with Crippen LogP contribution in [-0.2, 0) is 21.4 Å². The molecule has 0 aromatic heterocycles. The fourth-order valence-corrected chi connectivity index (χ4v) is 4.27. The lowest BCUT2D eigenvalue weighted by atomic mass is 10.2. The first-order valence-corrected chi connectivity index (χ1v) is 11.5. The van der Waals surface area contributed by atoms with Crippen molar-refractivity contribution >= 4 is 27.5 Å². The molecule has 0 fully saturated rings. The Kier molecular flexibility index (Phi) is 8.95. The van der Waals surface area contributed by atoms with E-state index in [2.05, 4.69) is 5.32 Å². The number of carbonyl (C=O) groups is 1. The summed E-state index contributed by atoms with van der Waals surface area (Å²) < 4.78 is 38.3. The van der Waals surface area contributed by atoms with Gasteiger partial charge in [0.25, 0.3) is 0 Å². The van der Waals surface area contributed by atoms with Gasteiger partial charge in [-0.05, 0) is 43.7 Å². The molecule has 30 heavy (non-hydrogen) atoms. The van der Waals surface area contributed by atoms with Crippen LogP contribution in [0.15, 0.2) is 47.4 Å². The Labute approximate surface area is 183 Å². The van der Waals surface area contributed by atoms with E-state index >= 15 is 0 Å². The van der Waals surface area contributed by atoms with Gasteiger partial charge in [-0.1, -0.05) is 30.7 Å². The highest BCUT2D eigenvalue weighted by Crippen LogP contribution is 2.31. The van der Waals surface area contributed by atoms with E-state index in [4.69, 9.17) is 21.1 Å². The number of ether oxygens (including phenoxy) is 2. The van der Waals surface area contributed by atoms with Crippen molar-refractivity contribution in [3.63, 3.8) is 0 Å². The van der Waals surface area contributed by atoms with Crippen LogP contribution in [0.2, 0.25) is 5.02 Å². The molecule has 0 saturated carbocycles. The van der Waals surface area contributed by atoms with Gasteiger partial charge in [0.05, 0.1) is 24.7 Å². The van der Waals surface area contributed by atoms with Crippen LogP contribution in [0.4, 0.5) is 0 Å². The van der Waals surface area contributed by atoms with Gasteiger partial charge in [-0.3, -0.25) is 4.79 Å². The van der Waals surface area contributed by atoms with Gasteiger partial charge in [-0.15, -0.1) is 0 Å². The molecule has 0 atom stereocenters. The lowest BCUT2D eigenvalue weighted by Gasteiger charge is -2.21. The SMILES string of the molecule is CCOc1ccc(S(=O)(=O)N(CC)CC(=O)NCc2ccc(Cl)cc2)cc1OCC. The van der Waals surface area contributed by atoms with Crippen LogP contribution in [0.1, 0.15) is 26.3 Å². The summed E-state index contributed by atoms with van der Waals surface area (Å²) in [6.45, 7) is 6.27. The molecule has 2 aromatic carbocycles. The molecular weight excluding hydrogens is 428 g/mol. The summed E-state index contributed by atoms with van der Waals surface area (Å²) in [5, 5.41) is 3.34. The van der Waals surface area contributed by atoms with Crippen LogP contribution >= 0.6 is 11.6 Å². The molecule has 1 amide bonds. The van der Waals surface area contributed by atoms with Crippen LogP contribution in [0.3, 0.4) is 0 Å². The highest BCUT2D eigenvalue weighted by molar-refractivity contribution is 7.89. The number of sulfonamides is 1. The van der Waals surface area contributed by atoms with Crippen molar-refractivity contribution in [3.05, 3.63) is 53.1 Å². The molecule has 2 rings (SSSR count). The average molecular weight is 455 g/mol. The largest absolute Gasteiger partial charge is 0.490 e. The third kappa shape index (κ3) is 6.35. The number of carbonyl (C=O) groups excluding carboxylic acids is 1. The zero-order valence-electron chi connectivity index (χ0n) is 17.4. The molecule has 0 radical (unpaired) electrons. The number of nitrogens with zero attached hydrogens (tertiary/aromatic N) is 1. The molecule has 0 spiro atoms. The third-order valence-corrected chi connectivity index (χ3v) is 6.40. The van der Waals surface area contributed by atoms with E-state index in [0.29, 0.717) is 29.7 Å². The molecule has 0 unspecified atom stereocenters. The zero-order chi connectivity index (χ0) is 22.1. The van der Waals surface area contributed by atoms with Crippen molar-refractivity contribution in [2.45, 2.75) is 32.2 Å². The van der Waals surface area contributed by atoms with Gasteiger partial charge < -0.3 is 14.8 Å². The Hall–Kier alpha value is -2.29. The van der Waals surface area contributed by atoms with E-state index in [-0.39, 0.29) is 24.5 Å². The average Bonchev–Trinajstić information content (AvgIpc) is 2.73. The molecule has 7 nitrogen and oxygen atoms in total. The van der Waals surface area contributed by atoms with Gasteiger partial charge >= 0.3 is 0 Å². The first kappa shape index (κ1) is 24.0. The molecule has 9 heteroatoms. The number of hydrogen-bond acceptors (Lipinski definition) is 5. The number of nitrogens with one attached hydrogen (secondary N) is 1. The second-order valence-corrected chi connectivity index (χ2v) is 8.68. The fourth-order valence-electron chi connectivity index (χ4n) is 2.73. The molecule has 0 saturated heterocycles. The van der Waals surface area contributed by atoms with Gasteiger partial charge in [0.1, 0.15) is 0 Å². The predicted molar refractivity (Wildman–Crippen MR) is 117 cm³/mol. The minimum atomic E-state index is -3.89. The van der Waals surface area contributed by atoms with Gasteiger partial charge in [-0.2, -0.15) is 4.31 Å². The minimum absolute atomic E-state index is 0.0433. The van der Waals surface area contributed by atoms with E-state index in [1.54, 1.807) is 44.2 Å². The Morgan fingerprint density at radius 2 is 1.63 bits per heavy atom. The third-order valence-electron chi connectivity index (χ3n) is 4.23. The molecule has 0 aliphatic carbocycles. The molecular formula is C21H27ClN2O5S. The molecule has 0 aliphatic rings. The topological polar surface area (TPSA) is 84.9 Å². The summed E-state index contributed by atoms with van der Waals surface area (Å²) >= 11 is 5.85. The second-order valence-electron chi connectivity index (χ2n) is 6.31. The minimum Gasteiger partial charge on any atom is -0.490 e. The summed E-state index contributed by atoms with van der Waals surface area (Å²) in [6.07, 6.45) is 0. The smallest absolute Gasteiger partial charge is 0.243 e. The van der Waals surface area contributed by atoms with Crippen LogP contribution in [0, 0.1) is 0 Å². The quantitative estimate of drug-likeness (QED) is 0.562. The molecule has 0 bridgehead atoms. The summed E-state index contributed by atoms with van der Waals surface area (Å²) in [6, 6.07) is 11.5. The van der Waals surface area contributed by atoms with E-state index < -0.39 is 15.9 Å². The van der Waals surface area contributed by atoms with Crippen molar-refractivity contribution in [2.75, 3.05) is 26.3 Å². The standard InChI is InChI=1S/C21H27ClN2O5S/c1-4-24(15-21(25)23-14-16-7-9-17(22)10-8-16)30(26,27)18-11-12-19(28-5-2)20(13-18)29-6-3/h7-13H,4-6,14-15H2,1-3H3,(H,23,25). The normalized spacial score (nSPS) is 11.4. The van der Waals surface area contributed by atoms with Crippen molar-refractivity contribution in [2.24, 2.45) is 0 Å². The lowest BCUT2D eigenvalue weighted by Crippen LogP contribution is -2.40. The molecule has 164 valence electrons. The molecule has 2 aromatic rings. The highest BCUT2D eigenvalue weighted by atomic mass is 35.5. The van der Waals surface area contributed by atoms with Gasteiger partial charge in [0, 0.05) is 24.2 Å². The fraction of sp³-hybridized carbons (Fsp3) is 0.381. The van der Waals surface area contributed by atoms with Crippen molar-refractivity contribution in [1.29, 1.82) is 0 Å². The maximum Gasteiger partial charge on any atom is 0.243 e. The van der Waals surface area contributed by atoms with Crippen molar-refractivity contribution < 1.29 is 22.7 Å². The Bertz CT molecular complexity index is 948. The maximum atomic E-state index is 13.1. The Balaban J connectivity index is 2.12. The summed E-state index contributed by atoms with van der Waals surface area (Å²) in [5.41, 5.74) is 0.867. The molecule has 1 N–H and O–H groups in total. The van der Waals surface area contributed by atoms with Gasteiger partial charge in [0.15, 0.2) is 11.5 Å². The second kappa shape index (κ2) is 11.2.